The Hall–Kier alpha value is -2.23. The van der Waals surface area contributed by atoms with Crippen molar-refractivity contribution in [3.63, 3.8) is 0 Å². The van der Waals surface area contributed by atoms with Crippen LogP contribution in [0.5, 0.6) is 0 Å². The number of rotatable bonds is 3. The van der Waals surface area contributed by atoms with Gasteiger partial charge in [-0.25, -0.2) is 4.79 Å². The molecule has 0 fully saturated rings. The molecule has 0 radical (unpaired) electrons. The lowest BCUT2D eigenvalue weighted by Gasteiger charge is -2.01. The van der Waals surface area contributed by atoms with Gasteiger partial charge in [-0.3, -0.25) is 9.97 Å². The third-order valence-electron chi connectivity index (χ3n) is 2.15. The quantitative estimate of drug-likeness (QED) is 0.845. The van der Waals surface area contributed by atoms with E-state index in [1.807, 2.05) is 18.2 Å². The highest BCUT2D eigenvalue weighted by Crippen LogP contribution is 2.08. The van der Waals surface area contributed by atoms with Gasteiger partial charge >= 0.3 is 5.97 Å². The molecule has 2 aromatic rings. The molecule has 0 spiro atoms. The van der Waals surface area contributed by atoms with E-state index in [0.29, 0.717) is 6.42 Å². The third kappa shape index (κ3) is 2.42. The Bertz CT molecular complexity index is 497. The van der Waals surface area contributed by atoms with Crippen LogP contribution in [0.4, 0.5) is 0 Å². The maximum absolute atomic E-state index is 10.7. The van der Waals surface area contributed by atoms with Crippen LogP contribution in [0.2, 0.25) is 0 Å². The topological polar surface area (TPSA) is 63.1 Å². The number of carboxylic acid groups (broad SMARTS) is 1. The summed E-state index contributed by atoms with van der Waals surface area (Å²) in [6, 6.07) is 7.25. The van der Waals surface area contributed by atoms with Gasteiger partial charge in [-0.1, -0.05) is 6.07 Å². The molecule has 0 saturated carbocycles. The van der Waals surface area contributed by atoms with Gasteiger partial charge in [0.05, 0.1) is 5.56 Å². The fourth-order valence-electron chi connectivity index (χ4n) is 1.41. The van der Waals surface area contributed by atoms with Crippen molar-refractivity contribution in [2.45, 2.75) is 6.42 Å². The lowest BCUT2D eigenvalue weighted by Crippen LogP contribution is -1.99. The standard InChI is InChI=1S/C12H10N2O2/c15-12(16)10-5-9(7-13-8-10)6-11-3-1-2-4-14-11/h1-5,7-8H,6H2,(H,15,16). The molecule has 2 aromatic heterocycles. The molecule has 16 heavy (non-hydrogen) atoms. The summed E-state index contributed by atoms with van der Waals surface area (Å²) >= 11 is 0. The van der Waals surface area contributed by atoms with E-state index in [4.69, 9.17) is 5.11 Å². The molecule has 0 aliphatic rings. The second-order valence-electron chi connectivity index (χ2n) is 3.38. The molecule has 1 N–H and O–H groups in total. The molecule has 2 rings (SSSR count). The van der Waals surface area contributed by atoms with Crippen LogP contribution in [0.3, 0.4) is 0 Å². The smallest absolute Gasteiger partial charge is 0.337 e. The Balaban J connectivity index is 2.22. The van der Waals surface area contributed by atoms with Gasteiger partial charge in [0.25, 0.3) is 0 Å². The summed E-state index contributed by atoms with van der Waals surface area (Å²) < 4.78 is 0. The number of hydrogen-bond acceptors (Lipinski definition) is 3. The Morgan fingerprint density at radius 3 is 2.88 bits per heavy atom. The Kier molecular flexibility index (Phi) is 2.91. The highest BCUT2D eigenvalue weighted by molar-refractivity contribution is 5.87. The van der Waals surface area contributed by atoms with Gasteiger partial charge in [0.15, 0.2) is 0 Å². The lowest BCUT2D eigenvalue weighted by atomic mass is 10.1. The number of pyridine rings is 2. The minimum atomic E-state index is -0.963. The number of nitrogens with zero attached hydrogens (tertiary/aromatic N) is 2. The summed E-state index contributed by atoms with van der Waals surface area (Å²) in [5, 5.41) is 8.82. The monoisotopic (exact) mass is 214 g/mol. The van der Waals surface area contributed by atoms with E-state index < -0.39 is 5.97 Å². The van der Waals surface area contributed by atoms with Crippen LogP contribution in [-0.2, 0) is 6.42 Å². The first-order chi connectivity index (χ1) is 7.75. The van der Waals surface area contributed by atoms with E-state index in [0.717, 1.165) is 11.3 Å². The van der Waals surface area contributed by atoms with Gasteiger partial charge in [-0.05, 0) is 23.8 Å². The Morgan fingerprint density at radius 2 is 2.19 bits per heavy atom. The molecule has 0 atom stereocenters. The van der Waals surface area contributed by atoms with Gasteiger partial charge < -0.3 is 5.11 Å². The van der Waals surface area contributed by atoms with E-state index >= 15 is 0 Å². The molecule has 0 unspecified atom stereocenters. The van der Waals surface area contributed by atoms with E-state index in [1.165, 1.54) is 6.20 Å². The molecule has 0 aliphatic carbocycles. The maximum Gasteiger partial charge on any atom is 0.337 e. The fraction of sp³-hybridized carbons (Fsp3) is 0.0833. The SMILES string of the molecule is O=C(O)c1cncc(Cc2ccccn2)c1. The van der Waals surface area contributed by atoms with Crippen molar-refractivity contribution in [2.75, 3.05) is 0 Å². The molecule has 2 heterocycles. The minimum Gasteiger partial charge on any atom is -0.478 e. The summed E-state index contributed by atoms with van der Waals surface area (Å²) in [6.45, 7) is 0. The van der Waals surface area contributed by atoms with Crippen molar-refractivity contribution >= 4 is 5.97 Å². The van der Waals surface area contributed by atoms with E-state index in [9.17, 15) is 4.79 Å². The normalized spacial score (nSPS) is 10.0. The fourth-order valence-corrected chi connectivity index (χ4v) is 1.41. The predicted molar refractivity (Wildman–Crippen MR) is 58.2 cm³/mol. The molecule has 0 saturated heterocycles. The molecule has 0 aromatic carbocycles. The molecular formula is C12H10N2O2. The van der Waals surface area contributed by atoms with Crippen LogP contribution < -0.4 is 0 Å². The zero-order chi connectivity index (χ0) is 11.4. The third-order valence-corrected chi connectivity index (χ3v) is 2.15. The highest BCUT2D eigenvalue weighted by Gasteiger charge is 2.04. The first-order valence-electron chi connectivity index (χ1n) is 4.83. The first-order valence-corrected chi connectivity index (χ1v) is 4.83. The van der Waals surface area contributed by atoms with Gasteiger partial charge in [-0.2, -0.15) is 0 Å². The van der Waals surface area contributed by atoms with Crippen LogP contribution in [0.25, 0.3) is 0 Å². The molecule has 4 heteroatoms. The zero-order valence-corrected chi connectivity index (χ0v) is 8.50. The second-order valence-corrected chi connectivity index (χ2v) is 3.38. The number of hydrogen-bond donors (Lipinski definition) is 1. The lowest BCUT2D eigenvalue weighted by molar-refractivity contribution is 0.0696. The van der Waals surface area contributed by atoms with Crippen molar-refractivity contribution in [3.8, 4) is 0 Å². The number of aromatic nitrogens is 2. The van der Waals surface area contributed by atoms with Crippen LogP contribution in [0.1, 0.15) is 21.6 Å². The molecule has 0 bridgehead atoms. The number of carboxylic acids is 1. The largest absolute Gasteiger partial charge is 0.478 e. The molecule has 80 valence electrons. The van der Waals surface area contributed by atoms with Crippen molar-refractivity contribution in [3.05, 3.63) is 59.7 Å². The van der Waals surface area contributed by atoms with Crippen molar-refractivity contribution in [2.24, 2.45) is 0 Å². The van der Waals surface area contributed by atoms with Gasteiger partial charge in [-0.15, -0.1) is 0 Å². The first kappa shape index (κ1) is 10.3. The Morgan fingerprint density at radius 1 is 1.31 bits per heavy atom. The van der Waals surface area contributed by atoms with Crippen molar-refractivity contribution in [1.82, 2.24) is 9.97 Å². The average Bonchev–Trinajstić information content (AvgIpc) is 2.30. The number of aromatic carboxylic acids is 1. The van der Waals surface area contributed by atoms with Crippen molar-refractivity contribution in [1.29, 1.82) is 0 Å². The Labute approximate surface area is 92.6 Å². The molecule has 0 amide bonds. The van der Waals surface area contributed by atoms with Gasteiger partial charge in [0, 0.05) is 30.7 Å². The minimum absolute atomic E-state index is 0.202. The summed E-state index contributed by atoms with van der Waals surface area (Å²) in [6.07, 6.45) is 5.30. The maximum atomic E-state index is 10.7. The van der Waals surface area contributed by atoms with Gasteiger partial charge in [0.1, 0.15) is 0 Å². The van der Waals surface area contributed by atoms with Crippen LogP contribution >= 0.6 is 0 Å². The zero-order valence-electron chi connectivity index (χ0n) is 8.50. The van der Waals surface area contributed by atoms with Crippen molar-refractivity contribution < 1.29 is 9.90 Å². The molecule has 0 aliphatic heterocycles. The summed E-state index contributed by atoms with van der Waals surface area (Å²) in [5.74, 6) is -0.963. The van der Waals surface area contributed by atoms with E-state index in [1.54, 1.807) is 18.5 Å². The average molecular weight is 214 g/mol. The number of carbonyl (C=O) groups is 1. The summed E-state index contributed by atoms with van der Waals surface area (Å²) in [7, 11) is 0. The van der Waals surface area contributed by atoms with Crippen LogP contribution in [0.15, 0.2) is 42.9 Å². The highest BCUT2D eigenvalue weighted by atomic mass is 16.4. The molecule has 4 nitrogen and oxygen atoms in total. The second kappa shape index (κ2) is 4.53. The van der Waals surface area contributed by atoms with Crippen LogP contribution in [-0.4, -0.2) is 21.0 Å². The van der Waals surface area contributed by atoms with Gasteiger partial charge in [0.2, 0.25) is 0 Å². The van der Waals surface area contributed by atoms with E-state index in [2.05, 4.69) is 9.97 Å². The molecular weight excluding hydrogens is 204 g/mol. The summed E-state index contributed by atoms with van der Waals surface area (Å²) in [5.41, 5.74) is 1.94. The van der Waals surface area contributed by atoms with E-state index in [-0.39, 0.29) is 5.56 Å². The summed E-state index contributed by atoms with van der Waals surface area (Å²) in [4.78, 5) is 18.8. The van der Waals surface area contributed by atoms with Crippen LogP contribution in [0, 0.1) is 0 Å². The predicted octanol–water partition coefficient (Wildman–Crippen LogP) is 1.77.